The Morgan fingerprint density at radius 3 is 2.57 bits per heavy atom. The molecule has 2 aliphatic rings. The third-order valence-electron chi connectivity index (χ3n) is 4.01. The number of halogens is 3. The number of fused-ring (bicyclic) bond motifs is 1. The molecule has 21 heavy (non-hydrogen) atoms. The normalized spacial score (nSPS) is 26.2. The van der Waals surface area contributed by atoms with Crippen LogP contribution in [0.15, 0.2) is 18.2 Å². The van der Waals surface area contributed by atoms with E-state index >= 15 is 0 Å². The molecule has 1 saturated heterocycles. The molecule has 1 N–H and O–H groups in total. The summed E-state index contributed by atoms with van der Waals surface area (Å²) >= 11 is 0. The number of hydrogen-bond donors (Lipinski definition) is 1. The predicted molar refractivity (Wildman–Crippen MR) is 71.6 cm³/mol. The molecular weight excluding hydrogens is 283 g/mol. The molecule has 0 aromatic heterocycles. The topological polar surface area (TPSA) is 30.5 Å². The van der Waals surface area contributed by atoms with Crippen LogP contribution >= 0.6 is 0 Å². The fourth-order valence-corrected chi connectivity index (χ4v) is 2.96. The first kappa shape index (κ1) is 14.5. The third kappa shape index (κ3) is 3.10. The minimum atomic E-state index is -4.19. The van der Waals surface area contributed by atoms with Crippen LogP contribution in [0.4, 0.5) is 13.2 Å². The van der Waals surface area contributed by atoms with Gasteiger partial charge < -0.3 is 14.8 Å². The van der Waals surface area contributed by atoms with Gasteiger partial charge in [-0.05, 0) is 37.1 Å². The maximum atomic E-state index is 13.2. The van der Waals surface area contributed by atoms with Gasteiger partial charge in [0, 0.05) is 12.5 Å². The first-order chi connectivity index (χ1) is 10.1. The SMILES string of the molecule is FC(F)(F)C1CCCNC1c1ccc2c(c1)OCCCO2. The zero-order valence-electron chi connectivity index (χ0n) is 11.6. The van der Waals surface area contributed by atoms with Gasteiger partial charge in [0.05, 0.1) is 19.1 Å². The lowest BCUT2D eigenvalue weighted by molar-refractivity contribution is -0.189. The van der Waals surface area contributed by atoms with Crippen LogP contribution in [0.1, 0.15) is 30.9 Å². The minimum Gasteiger partial charge on any atom is -0.490 e. The zero-order chi connectivity index (χ0) is 14.9. The Bertz CT molecular complexity index is 504. The van der Waals surface area contributed by atoms with Crippen LogP contribution in [0, 0.1) is 5.92 Å². The van der Waals surface area contributed by atoms with Gasteiger partial charge >= 0.3 is 6.18 Å². The van der Waals surface area contributed by atoms with E-state index in [0.29, 0.717) is 43.2 Å². The molecule has 3 nitrogen and oxygen atoms in total. The van der Waals surface area contributed by atoms with E-state index in [1.807, 2.05) is 0 Å². The Kier molecular flexibility index (Phi) is 3.97. The van der Waals surface area contributed by atoms with Crippen LogP contribution in [0.5, 0.6) is 11.5 Å². The van der Waals surface area contributed by atoms with Gasteiger partial charge in [0.1, 0.15) is 0 Å². The van der Waals surface area contributed by atoms with E-state index in [4.69, 9.17) is 9.47 Å². The fourth-order valence-electron chi connectivity index (χ4n) is 2.96. The molecule has 1 fully saturated rings. The van der Waals surface area contributed by atoms with E-state index < -0.39 is 18.1 Å². The highest BCUT2D eigenvalue weighted by molar-refractivity contribution is 5.44. The van der Waals surface area contributed by atoms with E-state index in [1.165, 1.54) is 0 Å². The Balaban J connectivity index is 1.89. The molecule has 2 heterocycles. The van der Waals surface area contributed by atoms with Gasteiger partial charge in [0.2, 0.25) is 0 Å². The van der Waals surface area contributed by atoms with Gasteiger partial charge in [0.15, 0.2) is 11.5 Å². The first-order valence-corrected chi connectivity index (χ1v) is 7.25. The van der Waals surface area contributed by atoms with Gasteiger partial charge in [-0.1, -0.05) is 6.07 Å². The molecule has 1 aromatic rings. The number of piperidine rings is 1. The minimum absolute atomic E-state index is 0.162. The van der Waals surface area contributed by atoms with Crippen LogP contribution < -0.4 is 14.8 Å². The summed E-state index contributed by atoms with van der Waals surface area (Å²) in [5.74, 6) is -0.204. The fraction of sp³-hybridized carbons (Fsp3) is 0.600. The zero-order valence-corrected chi connectivity index (χ0v) is 11.6. The molecule has 0 saturated carbocycles. The molecule has 116 valence electrons. The van der Waals surface area contributed by atoms with Crippen molar-refractivity contribution < 1.29 is 22.6 Å². The van der Waals surface area contributed by atoms with Gasteiger partial charge in [-0.25, -0.2) is 0 Å². The number of ether oxygens (including phenoxy) is 2. The average Bonchev–Trinajstić information content (AvgIpc) is 2.70. The van der Waals surface area contributed by atoms with Crippen molar-refractivity contribution in [2.75, 3.05) is 19.8 Å². The lowest BCUT2D eigenvalue weighted by Crippen LogP contribution is -2.41. The summed E-state index contributed by atoms with van der Waals surface area (Å²) in [5.41, 5.74) is 0.612. The number of rotatable bonds is 1. The van der Waals surface area contributed by atoms with Crippen LogP contribution in [-0.2, 0) is 0 Å². The van der Waals surface area contributed by atoms with Gasteiger partial charge in [-0.15, -0.1) is 0 Å². The summed E-state index contributed by atoms with van der Waals surface area (Å²) in [6, 6.07) is 4.38. The van der Waals surface area contributed by atoms with E-state index in [0.717, 1.165) is 6.42 Å². The lowest BCUT2D eigenvalue weighted by atomic mass is 9.85. The molecule has 1 aromatic carbocycles. The molecular formula is C15H18F3NO2. The molecule has 2 atom stereocenters. The van der Waals surface area contributed by atoms with Crippen molar-refractivity contribution in [3.8, 4) is 11.5 Å². The maximum absolute atomic E-state index is 13.2. The smallest absolute Gasteiger partial charge is 0.393 e. The second-order valence-electron chi connectivity index (χ2n) is 5.48. The van der Waals surface area contributed by atoms with Crippen molar-refractivity contribution in [3.63, 3.8) is 0 Å². The molecule has 2 aliphatic heterocycles. The molecule has 0 aliphatic carbocycles. The summed E-state index contributed by atoms with van der Waals surface area (Å²) in [6.45, 7) is 1.70. The quantitative estimate of drug-likeness (QED) is 0.862. The van der Waals surface area contributed by atoms with Crippen LogP contribution in [0.2, 0.25) is 0 Å². The van der Waals surface area contributed by atoms with Crippen LogP contribution in [0.3, 0.4) is 0 Å². The summed E-state index contributed by atoms with van der Waals surface area (Å²) in [4.78, 5) is 0. The van der Waals surface area contributed by atoms with Gasteiger partial charge in [0.25, 0.3) is 0 Å². The highest BCUT2D eigenvalue weighted by Gasteiger charge is 2.46. The highest BCUT2D eigenvalue weighted by Crippen LogP contribution is 2.43. The van der Waals surface area contributed by atoms with E-state index in [-0.39, 0.29) is 6.42 Å². The van der Waals surface area contributed by atoms with Gasteiger partial charge in [-0.3, -0.25) is 0 Å². The van der Waals surface area contributed by atoms with Crippen molar-refractivity contribution in [2.45, 2.75) is 31.5 Å². The number of benzene rings is 1. The molecule has 0 bridgehead atoms. The summed E-state index contributed by atoms with van der Waals surface area (Å²) in [5, 5.41) is 3.00. The molecule has 0 radical (unpaired) electrons. The number of nitrogens with one attached hydrogen (secondary N) is 1. The van der Waals surface area contributed by atoms with Crippen molar-refractivity contribution in [3.05, 3.63) is 23.8 Å². The van der Waals surface area contributed by atoms with Gasteiger partial charge in [-0.2, -0.15) is 13.2 Å². The number of hydrogen-bond acceptors (Lipinski definition) is 3. The molecule has 0 spiro atoms. The second kappa shape index (κ2) is 5.75. The summed E-state index contributed by atoms with van der Waals surface area (Å²) in [7, 11) is 0. The Morgan fingerprint density at radius 2 is 1.81 bits per heavy atom. The van der Waals surface area contributed by atoms with E-state index in [9.17, 15) is 13.2 Å². The van der Waals surface area contributed by atoms with Crippen LogP contribution in [-0.4, -0.2) is 25.9 Å². The first-order valence-electron chi connectivity index (χ1n) is 7.25. The van der Waals surface area contributed by atoms with E-state index in [1.54, 1.807) is 18.2 Å². The monoisotopic (exact) mass is 301 g/mol. The van der Waals surface area contributed by atoms with Crippen molar-refractivity contribution in [2.24, 2.45) is 5.92 Å². The Morgan fingerprint density at radius 1 is 1.05 bits per heavy atom. The Hall–Kier alpha value is -1.43. The highest BCUT2D eigenvalue weighted by atomic mass is 19.4. The number of alkyl halides is 3. The van der Waals surface area contributed by atoms with E-state index in [2.05, 4.69) is 5.32 Å². The van der Waals surface area contributed by atoms with Crippen molar-refractivity contribution in [1.29, 1.82) is 0 Å². The summed E-state index contributed by atoms with van der Waals surface area (Å²) < 4.78 is 50.6. The predicted octanol–water partition coefficient (Wildman–Crippen LogP) is 3.45. The standard InChI is InChI=1S/C15H18F3NO2/c16-15(17,18)11-3-1-6-19-14(11)10-4-5-12-13(9-10)21-8-2-7-20-12/h4-5,9,11,14,19H,1-3,6-8H2. The summed E-state index contributed by atoms with van der Waals surface area (Å²) in [6.07, 6.45) is -2.71. The van der Waals surface area contributed by atoms with Crippen molar-refractivity contribution >= 4 is 0 Å². The molecule has 3 rings (SSSR count). The third-order valence-corrected chi connectivity index (χ3v) is 4.01. The molecule has 6 heteroatoms. The lowest BCUT2D eigenvalue weighted by Gasteiger charge is -2.34. The average molecular weight is 301 g/mol. The van der Waals surface area contributed by atoms with Crippen molar-refractivity contribution in [1.82, 2.24) is 5.32 Å². The molecule has 2 unspecified atom stereocenters. The van der Waals surface area contributed by atoms with Crippen LogP contribution in [0.25, 0.3) is 0 Å². The molecule has 0 amide bonds. The largest absolute Gasteiger partial charge is 0.490 e. The second-order valence-corrected chi connectivity index (χ2v) is 5.48. The maximum Gasteiger partial charge on any atom is 0.393 e. The Labute approximate surface area is 121 Å².